The van der Waals surface area contributed by atoms with Crippen LogP contribution in [0, 0.1) is 12.3 Å². The van der Waals surface area contributed by atoms with Gasteiger partial charge in [-0.25, -0.2) is 0 Å². The molecule has 6 heteroatoms. The number of hydrogen-bond acceptors (Lipinski definition) is 4. The van der Waals surface area contributed by atoms with Crippen molar-refractivity contribution in [2.75, 3.05) is 29.9 Å². The van der Waals surface area contributed by atoms with Crippen LogP contribution in [0.1, 0.15) is 32.1 Å². The van der Waals surface area contributed by atoms with Gasteiger partial charge in [0.25, 0.3) is 0 Å². The monoisotopic (exact) mass is 344 g/mol. The van der Waals surface area contributed by atoms with E-state index in [1.807, 2.05) is 30.1 Å². The third kappa shape index (κ3) is 3.54. The molecule has 0 spiro atoms. The summed E-state index contributed by atoms with van der Waals surface area (Å²) in [5.74, 6) is 2.70. The van der Waals surface area contributed by atoms with Gasteiger partial charge in [-0.1, -0.05) is 11.6 Å². The van der Waals surface area contributed by atoms with E-state index in [-0.39, 0.29) is 5.91 Å². The fraction of sp³-hybridized carbons (Fsp3) is 0.500. The van der Waals surface area contributed by atoms with Crippen LogP contribution in [0.2, 0.25) is 5.02 Å². The Kier molecular flexibility index (Phi) is 4.77. The molecule has 0 atom stereocenters. The minimum absolute atomic E-state index is 0.0891. The molecule has 1 amide bonds. The number of amides is 1. The van der Waals surface area contributed by atoms with Gasteiger partial charge in [0.15, 0.2) is 5.66 Å². The van der Waals surface area contributed by atoms with Crippen molar-refractivity contribution in [2.24, 2.45) is 10.2 Å². The van der Waals surface area contributed by atoms with E-state index in [4.69, 9.17) is 18.0 Å². The lowest BCUT2D eigenvalue weighted by atomic mass is 10.0. The number of nitrogens with zero attached hydrogens (tertiary/aromatic N) is 4. The predicted molar refractivity (Wildman–Crippen MR) is 96.6 cm³/mol. The fourth-order valence-electron chi connectivity index (χ4n) is 3.11. The highest BCUT2D eigenvalue weighted by molar-refractivity contribution is 6.31. The Hall–Kier alpha value is -2.06. The summed E-state index contributed by atoms with van der Waals surface area (Å²) >= 11 is 6.16. The van der Waals surface area contributed by atoms with Gasteiger partial charge in [0.2, 0.25) is 5.91 Å². The van der Waals surface area contributed by atoms with Crippen molar-refractivity contribution >= 4 is 28.9 Å². The second-order valence-corrected chi connectivity index (χ2v) is 6.78. The van der Waals surface area contributed by atoms with E-state index in [0.29, 0.717) is 30.8 Å². The first-order valence-electron chi connectivity index (χ1n) is 8.23. The first-order valence-corrected chi connectivity index (χ1v) is 8.61. The van der Waals surface area contributed by atoms with Crippen molar-refractivity contribution in [3.63, 3.8) is 0 Å². The predicted octanol–water partition coefficient (Wildman–Crippen LogP) is 3.87. The Morgan fingerprint density at radius 1 is 1.33 bits per heavy atom. The second-order valence-electron chi connectivity index (χ2n) is 6.34. The van der Waals surface area contributed by atoms with Crippen molar-refractivity contribution < 1.29 is 4.79 Å². The van der Waals surface area contributed by atoms with E-state index < -0.39 is 5.66 Å². The van der Waals surface area contributed by atoms with E-state index >= 15 is 0 Å². The molecule has 5 nitrogen and oxygen atoms in total. The summed E-state index contributed by atoms with van der Waals surface area (Å²) in [7, 11) is 2.04. The Bertz CT molecular complexity index is 703. The molecule has 126 valence electrons. The molecule has 0 N–H and O–H groups in total. The Labute approximate surface area is 147 Å². The zero-order chi connectivity index (χ0) is 17.2. The van der Waals surface area contributed by atoms with Crippen molar-refractivity contribution in [1.82, 2.24) is 0 Å². The lowest BCUT2D eigenvalue weighted by Crippen LogP contribution is -2.32. The summed E-state index contributed by atoms with van der Waals surface area (Å²) in [5.41, 5.74) is 1.50. The summed E-state index contributed by atoms with van der Waals surface area (Å²) in [6.07, 6.45) is 8.62. The van der Waals surface area contributed by atoms with Crippen LogP contribution in [0.3, 0.4) is 0 Å². The smallest absolute Gasteiger partial charge is 0.227 e. The number of carbonyl (C=O) groups is 1. The molecule has 2 heterocycles. The fourth-order valence-corrected chi connectivity index (χ4v) is 3.28. The van der Waals surface area contributed by atoms with Crippen LogP contribution in [0.25, 0.3) is 0 Å². The number of hydrogen-bond donors (Lipinski definition) is 0. The first-order chi connectivity index (χ1) is 11.5. The van der Waals surface area contributed by atoms with Crippen LogP contribution < -0.4 is 9.80 Å². The molecule has 24 heavy (non-hydrogen) atoms. The lowest BCUT2D eigenvalue weighted by Gasteiger charge is -2.25. The molecule has 0 unspecified atom stereocenters. The first kappa shape index (κ1) is 16.8. The van der Waals surface area contributed by atoms with E-state index in [1.54, 1.807) is 0 Å². The van der Waals surface area contributed by atoms with E-state index in [0.717, 1.165) is 30.8 Å². The van der Waals surface area contributed by atoms with Gasteiger partial charge in [-0.05, 0) is 24.6 Å². The van der Waals surface area contributed by atoms with Crippen molar-refractivity contribution in [3.05, 3.63) is 23.2 Å². The quantitative estimate of drug-likeness (QED) is 0.761. The van der Waals surface area contributed by atoms with Gasteiger partial charge in [0, 0.05) is 50.8 Å². The summed E-state index contributed by atoms with van der Waals surface area (Å²) in [6.45, 7) is 1.61. The van der Waals surface area contributed by atoms with Gasteiger partial charge < -0.3 is 9.80 Å². The number of rotatable bonds is 5. The molecule has 0 fully saturated rings. The zero-order valence-electron chi connectivity index (χ0n) is 13.8. The molecule has 1 aromatic rings. The molecule has 1 aromatic carbocycles. The average molecular weight is 345 g/mol. The summed E-state index contributed by atoms with van der Waals surface area (Å²) < 4.78 is 0. The molecular formula is C18H21ClN4O. The standard InChI is InChI=1S/C18H21ClN4O/c1-3-4-9-18(20-21-18)10-8-17(24)23-12-5-11-22(2)15-7-6-14(19)13-16(15)23/h1,6-7,13H,4-5,8-12H2,2H3. The molecule has 2 aliphatic heterocycles. The van der Waals surface area contributed by atoms with Crippen LogP contribution in [0.4, 0.5) is 11.4 Å². The summed E-state index contributed by atoms with van der Waals surface area (Å²) in [4.78, 5) is 16.8. The minimum Gasteiger partial charge on any atom is -0.373 e. The number of anilines is 2. The van der Waals surface area contributed by atoms with Crippen molar-refractivity contribution in [1.29, 1.82) is 0 Å². The van der Waals surface area contributed by atoms with Crippen LogP contribution in [0.5, 0.6) is 0 Å². The van der Waals surface area contributed by atoms with Crippen molar-refractivity contribution in [3.8, 4) is 12.3 Å². The Balaban J connectivity index is 1.72. The molecule has 0 saturated carbocycles. The highest BCUT2D eigenvalue weighted by atomic mass is 35.5. The minimum atomic E-state index is -0.415. The van der Waals surface area contributed by atoms with E-state index in [1.165, 1.54) is 0 Å². The van der Waals surface area contributed by atoms with Gasteiger partial charge in [0.05, 0.1) is 11.4 Å². The number of fused-ring (bicyclic) bond motifs is 1. The van der Waals surface area contributed by atoms with Gasteiger partial charge in [-0.15, -0.1) is 12.3 Å². The maximum Gasteiger partial charge on any atom is 0.227 e. The van der Waals surface area contributed by atoms with Crippen LogP contribution in [0.15, 0.2) is 28.4 Å². The van der Waals surface area contributed by atoms with Crippen LogP contribution in [-0.4, -0.2) is 31.7 Å². The van der Waals surface area contributed by atoms with Crippen LogP contribution in [-0.2, 0) is 4.79 Å². The topological polar surface area (TPSA) is 48.3 Å². The van der Waals surface area contributed by atoms with Crippen LogP contribution >= 0.6 is 11.6 Å². The third-order valence-electron chi connectivity index (χ3n) is 4.61. The molecular weight excluding hydrogens is 324 g/mol. The SMILES string of the molecule is C#CCCC1(CCC(=O)N2CCCN(C)c3ccc(Cl)cc32)N=N1. The molecule has 3 rings (SSSR count). The van der Waals surface area contributed by atoms with Gasteiger partial charge in [-0.2, -0.15) is 10.2 Å². The number of terminal acetylenes is 1. The van der Waals surface area contributed by atoms with Gasteiger partial charge >= 0.3 is 0 Å². The molecule has 0 aromatic heterocycles. The molecule has 0 radical (unpaired) electrons. The van der Waals surface area contributed by atoms with E-state index in [9.17, 15) is 4.79 Å². The highest BCUT2D eigenvalue weighted by Gasteiger charge is 2.40. The molecule has 0 bridgehead atoms. The van der Waals surface area contributed by atoms with Crippen molar-refractivity contribution in [2.45, 2.75) is 37.8 Å². The summed E-state index contributed by atoms with van der Waals surface area (Å²) in [5, 5.41) is 8.85. The third-order valence-corrected chi connectivity index (χ3v) is 4.84. The number of halogens is 1. The normalized spacial score (nSPS) is 17.9. The molecule has 0 aliphatic carbocycles. The average Bonchev–Trinajstić information content (AvgIpc) is 3.36. The largest absolute Gasteiger partial charge is 0.373 e. The summed E-state index contributed by atoms with van der Waals surface area (Å²) in [6, 6.07) is 5.71. The Morgan fingerprint density at radius 3 is 2.83 bits per heavy atom. The number of carbonyl (C=O) groups excluding carboxylic acids is 1. The highest BCUT2D eigenvalue weighted by Crippen LogP contribution is 2.39. The zero-order valence-corrected chi connectivity index (χ0v) is 14.6. The maximum absolute atomic E-state index is 12.8. The number of benzene rings is 1. The second kappa shape index (κ2) is 6.82. The van der Waals surface area contributed by atoms with Gasteiger partial charge in [-0.3, -0.25) is 4.79 Å². The van der Waals surface area contributed by atoms with E-state index in [2.05, 4.69) is 21.0 Å². The molecule has 0 saturated heterocycles. The Morgan fingerprint density at radius 2 is 2.12 bits per heavy atom. The maximum atomic E-state index is 12.8. The van der Waals surface area contributed by atoms with Gasteiger partial charge in [0.1, 0.15) is 0 Å². The lowest BCUT2D eigenvalue weighted by molar-refractivity contribution is -0.118. The molecule has 2 aliphatic rings.